The SMILES string of the molecule is O=C(O)c1ccn(-c2ccsc2)c1. The lowest BCUT2D eigenvalue weighted by Gasteiger charge is -1.95. The molecule has 0 spiro atoms. The van der Waals surface area contributed by atoms with Crippen LogP contribution >= 0.6 is 11.3 Å². The van der Waals surface area contributed by atoms with Crippen LogP contribution in [0.2, 0.25) is 0 Å². The Kier molecular flexibility index (Phi) is 1.90. The van der Waals surface area contributed by atoms with E-state index in [0.29, 0.717) is 5.56 Å². The molecule has 1 N–H and O–H groups in total. The number of carboxylic acids is 1. The summed E-state index contributed by atoms with van der Waals surface area (Å²) in [4.78, 5) is 10.6. The van der Waals surface area contributed by atoms with Gasteiger partial charge in [0.05, 0.1) is 11.3 Å². The average molecular weight is 193 g/mol. The highest BCUT2D eigenvalue weighted by Gasteiger charge is 2.04. The molecular formula is C9H7NO2S. The third-order valence-electron chi connectivity index (χ3n) is 1.74. The van der Waals surface area contributed by atoms with E-state index in [4.69, 9.17) is 5.11 Å². The molecule has 0 aliphatic carbocycles. The van der Waals surface area contributed by atoms with Crippen LogP contribution in [0.15, 0.2) is 35.3 Å². The summed E-state index contributed by atoms with van der Waals surface area (Å²) in [7, 11) is 0. The molecule has 0 aromatic carbocycles. The lowest BCUT2D eigenvalue weighted by molar-refractivity contribution is 0.0697. The zero-order chi connectivity index (χ0) is 9.26. The molecule has 0 aliphatic rings. The van der Waals surface area contributed by atoms with Gasteiger partial charge in [-0.1, -0.05) is 0 Å². The van der Waals surface area contributed by atoms with Gasteiger partial charge in [0, 0.05) is 17.8 Å². The van der Waals surface area contributed by atoms with Crippen LogP contribution in [-0.4, -0.2) is 15.6 Å². The van der Waals surface area contributed by atoms with Gasteiger partial charge in [-0.15, -0.1) is 0 Å². The summed E-state index contributed by atoms with van der Waals surface area (Å²) in [5.74, 6) is -0.894. The second kappa shape index (κ2) is 3.06. The van der Waals surface area contributed by atoms with Crippen molar-refractivity contribution in [1.82, 2.24) is 4.57 Å². The third kappa shape index (κ3) is 1.48. The fourth-order valence-corrected chi connectivity index (χ4v) is 1.72. The summed E-state index contributed by atoms with van der Waals surface area (Å²) in [5, 5.41) is 12.6. The van der Waals surface area contributed by atoms with Crippen molar-refractivity contribution in [2.75, 3.05) is 0 Å². The smallest absolute Gasteiger partial charge is 0.337 e. The van der Waals surface area contributed by atoms with E-state index in [9.17, 15) is 4.79 Å². The van der Waals surface area contributed by atoms with Gasteiger partial charge in [0.2, 0.25) is 0 Å². The van der Waals surface area contributed by atoms with E-state index in [-0.39, 0.29) is 0 Å². The molecule has 2 rings (SSSR count). The van der Waals surface area contributed by atoms with Crippen molar-refractivity contribution in [3.63, 3.8) is 0 Å². The van der Waals surface area contributed by atoms with Crippen LogP contribution in [0.3, 0.4) is 0 Å². The van der Waals surface area contributed by atoms with Gasteiger partial charge < -0.3 is 9.67 Å². The Labute approximate surface area is 78.9 Å². The Bertz CT molecular complexity index is 417. The van der Waals surface area contributed by atoms with Crippen LogP contribution in [0.4, 0.5) is 0 Å². The number of aromatic nitrogens is 1. The molecule has 0 atom stereocenters. The zero-order valence-electron chi connectivity index (χ0n) is 6.68. The summed E-state index contributed by atoms with van der Waals surface area (Å²) >= 11 is 1.58. The van der Waals surface area contributed by atoms with Gasteiger partial charge in [-0.25, -0.2) is 4.79 Å². The summed E-state index contributed by atoms with van der Waals surface area (Å²) in [5.41, 5.74) is 1.31. The highest BCUT2D eigenvalue weighted by molar-refractivity contribution is 7.08. The van der Waals surface area contributed by atoms with Gasteiger partial charge in [0.25, 0.3) is 0 Å². The Hall–Kier alpha value is -1.55. The van der Waals surface area contributed by atoms with Crippen molar-refractivity contribution < 1.29 is 9.90 Å². The van der Waals surface area contributed by atoms with Crippen LogP contribution < -0.4 is 0 Å². The van der Waals surface area contributed by atoms with E-state index in [1.54, 1.807) is 34.4 Å². The van der Waals surface area contributed by atoms with Crippen molar-refractivity contribution in [2.24, 2.45) is 0 Å². The zero-order valence-corrected chi connectivity index (χ0v) is 7.49. The first-order valence-electron chi connectivity index (χ1n) is 3.71. The molecule has 0 aliphatic heterocycles. The number of carboxylic acid groups (broad SMARTS) is 1. The minimum Gasteiger partial charge on any atom is -0.478 e. The van der Waals surface area contributed by atoms with Crippen molar-refractivity contribution in [2.45, 2.75) is 0 Å². The second-order valence-corrected chi connectivity index (χ2v) is 3.37. The highest BCUT2D eigenvalue weighted by Crippen LogP contribution is 2.13. The van der Waals surface area contributed by atoms with E-state index in [1.165, 1.54) is 0 Å². The summed E-state index contributed by atoms with van der Waals surface area (Å²) in [6, 6.07) is 3.52. The molecule has 0 unspecified atom stereocenters. The maximum Gasteiger partial charge on any atom is 0.337 e. The fraction of sp³-hybridized carbons (Fsp3) is 0. The topological polar surface area (TPSA) is 42.2 Å². The van der Waals surface area contributed by atoms with Gasteiger partial charge >= 0.3 is 5.97 Å². The van der Waals surface area contributed by atoms with Crippen LogP contribution in [0.5, 0.6) is 0 Å². The molecule has 0 radical (unpaired) electrons. The standard InChI is InChI=1S/C9H7NO2S/c11-9(12)7-1-3-10(5-7)8-2-4-13-6-8/h1-6H,(H,11,12). The largest absolute Gasteiger partial charge is 0.478 e. The molecule has 0 bridgehead atoms. The first-order chi connectivity index (χ1) is 6.27. The third-order valence-corrected chi connectivity index (χ3v) is 2.41. The monoisotopic (exact) mass is 193 g/mol. The molecule has 3 nitrogen and oxygen atoms in total. The van der Waals surface area contributed by atoms with E-state index in [1.807, 2.05) is 16.8 Å². The fourth-order valence-electron chi connectivity index (χ4n) is 1.09. The van der Waals surface area contributed by atoms with Gasteiger partial charge in [-0.2, -0.15) is 11.3 Å². The Balaban J connectivity index is 2.39. The number of thiophene rings is 1. The number of hydrogen-bond acceptors (Lipinski definition) is 2. The summed E-state index contributed by atoms with van der Waals surface area (Å²) < 4.78 is 1.79. The molecule has 0 saturated heterocycles. The molecule has 4 heteroatoms. The Morgan fingerprint density at radius 3 is 2.85 bits per heavy atom. The number of rotatable bonds is 2. The van der Waals surface area contributed by atoms with Crippen molar-refractivity contribution in [3.8, 4) is 5.69 Å². The lowest BCUT2D eigenvalue weighted by atomic mass is 10.4. The number of aromatic carboxylic acids is 1. The lowest BCUT2D eigenvalue weighted by Crippen LogP contribution is -1.93. The van der Waals surface area contributed by atoms with E-state index >= 15 is 0 Å². The van der Waals surface area contributed by atoms with Crippen molar-refractivity contribution in [1.29, 1.82) is 0 Å². The van der Waals surface area contributed by atoms with E-state index in [0.717, 1.165) is 5.69 Å². The van der Waals surface area contributed by atoms with Gasteiger partial charge in [0.1, 0.15) is 0 Å². The first kappa shape index (κ1) is 8.07. The van der Waals surface area contributed by atoms with E-state index in [2.05, 4.69) is 0 Å². The number of nitrogens with zero attached hydrogens (tertiary/aromatic N) is 1. The molecule has 66 valence electrons. The highest BCUT2D eigenvalue weighted by atomic mass is 32.1. The average Bonchev–Trinajstić information content (AvgIpc) is 2.75. The maximum atomic E-state index is 10.6. The first-order valence-corrected chi connectivity index (χ1v) is 4.65. The molecule has 13 heavy (non-hydrogen) atoms. The van der Waals surface area contributed by atoms with Crippen molar-refractivity contribution in [3.05, 3.63) is 40.8 Å². The molecule has 2 heterocycles. The number of hydrogen-bond donors (Lipinski definition) is 1. The second-order valence-electron chi connectivity index (χ2n) is 2.59. The van der Waals surface area contributed by atoms with Crippen LogP contribution in [-0.2, 0) is 0 Å². The molecule has 0 fully saturated rings. The molecule has 2 aromatic heterocycles. The van der Waals surface area contributed by atoms with Crippen LogP contribution in [0, 0.1) is 0 Å². The van der Waals surface area contributed by atoms with Gasteiger partial charge in [0.15, 0.2) is 0 Å². The van der Waals surface area contributed by atoms with E-state index < -0.39 is 5.97 Å². The normalized spacial score (nSPS) is 10.2. The minimum atomic E-state index is -0.894. The summed E-state index contributed by atoms with van der Waals surface area (Å²) in [6.45, 7) is 0. The molecular weight excluding hydrogens is 186 g/mol. The molecule has 0 amide bonds. The predicted molar refractivity (Wildman–Crippen MR) is 50.6 cm³/mol. The number of carbonyl (C=O) groups is 1. The Morgan fingerprint density at radius 2 is 2.31 bits per heavy atom. The van der Waals surface area contributed by atoms with Gasteiger partial charge in [-0.3, -0.25) is 0 Å². The minimum absolute atomic E-state index is 0.311. The van der Waals surface area contributed by atoms with Gasteiger partial charge in [-0.05, 0) is 17.5 Å². The van der Waals surface area contributed by atoms with Crippen LogP contribution in [0.25, 0.3) is 5.69 Å². The van der Waals surface area contributed by atoms with Crippen molar-refractivity contribution >= 4 is 17.3 Å². The molecule has 2 aromatic rings. The quantitative estimate of drug-likeness (QED) is 0.794. The molecule has 0 saturated carbocycles. The Morgan fingerprint density at radius 1 is 1.46 bits per heavy atom. The summed E-state index contributed by atoms with van der Waals surface area (Å²) in [6.07, 6.45) is 3.34. The van der Waals surface area contributed by atoms with Crippen LogP contribution in [0.1, 0.15) is 10.4 Å². The maximum absolute atomic E-state index is 10.6. The predicted octanol–water partition coefficient (Wildman–Crippen LogP) is 2.24.